The van der Waals surface area contributed by atoms with Crippen LogP contribution in [0.1, 0.15) is 5.56 Å². The summed E-state index contributed by atoms with van der Waals surface area (Å²) in [6.07, 6.45) is 0. The fourth-order valence-electron chi connectivity index (χ4n) is 2.71. The highest BCUT2D eigenvalue weighted by molar-refractivity contribution is 6.32. The van der Waals surface area contributed by atoms with Gasteiger partial charge in [0.25, 0.3) is 0 Å². The Hall–Kier alpha value is -2.25. The molecule has 0 bridgehead atoms. The second-order valence-corrected chi connectivity index (χ2v) is 5.61. The summed E-state index contributed by atoms with van der Waals surface area (Å²) in [5.74, 6) is -0.183. The van der Waals surface area contributed by atoms with Gasteiger partial charge in [-0.05, 0) is 30.3 Å². The summed E-state index contributed by atoms with van der Waals surface area (Å²) in [6.45, 7) is 3.07. The van der Waals surface area contributed by atoms with E-state index in [1.165, 1.54) is 6.07 Å². The van der Waals surface area contributed by atoms with E-state index in [1.807, 2.05) is 24.3 Å². The first kappa shape index (κ1) is 14.7. The Labute approximate surface area is 134 Å². The zero-order valence-electron chi connectivity index (χ0n) is 12.0. The van der Waals surface area contributed by atoms with E-state index >= 15 is 0 Å². The Bertz CT molecular complexity index is 718. The number of para-hydroxylation sites is 1. The number of hydrogen-bond acceptors (Lipinski definition) is 3. The van der Waals surface area contributed by atoms with Gasteiger partial charge in [0.15, 0.2) is 0 Å². The van der Waals surface area contributed by atoms with Gasteiger partial charge >= 0.3 is 0 Å². The van der Waals surface area contributed by atoms with Crippen LogP contribution in [0, 0.1) is 17.1 Å². The van der Waals surface area contributed by atoms with Crippen molar-refractivity contribution in [3.63, 3.8) is 0 Å². The zero-order valence-corrected chi connectivity index (χ0v) is 12.7. The predicted molar refractivity (Wildman–Crippen MR) is 87.0 cm³/mol. The molecule has 5 heteroatoms. The molecule has 2 aromatic rings. The number of nitrogens with zero attached hydrogens (tertiary/aromatic N) is 3. The third-order valence-corrected chi connectivity index (χ3v) is 4.22. The standard InChI is InChI=1S/C17H15ClFN3/c18-15-11-14(6-5-13(15)12-20)21-7-9-22(10-8-21)17-4-2-1-3-16(17)19/h1-6,11H,7-10H2. The molecule has 0 aliphatic carbocycles. The highest BCUT2D eigenvalue weighted by Gasteiger charge is 2.19. The summed E-state index contributed by atoms with van der Waals surface area (Å²) in [6, 6.07) is 14.4. The first-order valence-electron chi connectivity index (χ1n) is 7.13. The van der Waals surface area contributed by atoms with E-state index < -0.39 is 0 Å². The van der Waals surface area contributed by atoms with Crippen molar-refractivity contribution in [3.05, 3.63) is 58.9 Å². The van der Waals surface area contributed by atoms with Crippen LogP contribution >= 0.6 is 11.6 Å². The van der Waals surface area contributed by atoms with Gasteiger partial charge in [-0.3, -0.25) is 0 Å². The molecule has 1 saturated heterocycles. The average Bonchev–Trinajstić information content (AvgIpc) is 2.55. The Morgan fingerprint density at radius 3 is 2.32 bits per heavy atom. The summed E-state index contributed by atoms with van der Waals surface area (Å²) in [5.41, 5.74) is 2.13. The number of halogens is 2. The Balaban J connectivity index is 1.71. The molecular weight excluding hydrogens is 301 g/mol. The molecule has 0 atom stereocenters. The quantitative estimate of drug-likeness (QED) is 0.847. The maximum atomic E-state index is 13.8. The lowest BCUT2D eigenvalue weighted by atomic mass is 10.2. The van der Waals surface area contributed by atoms with E-state index in [9.17, 15) is 4.39 Å². The molecule has 0 spiro atoms. The van der Waals surface area contributed by atoms with E-state index in [-0.39, 0.29) is 5.82 Å². The van der Waals surface area contributed by atoms with Crippen molar-refractivity contribution >= 4 is 23.0 Å². The molecule has 22 heavy (non-hydrogen) atoms. The van der Waals surface area contributed by atoms with Crippen molar-refractivity contribution in [1.82, 2.24) is 0 Å². The van der Waals surface area contributed by atoms with Crippen molar-refractivity contribution < 1.29 is 4.39 Å². The minimum absolute atomic E-state index is 0.183. The van der Waals surface area contributed by atoms with Crippen LogP contribution in [0.15, 0.2) is 42.5 Å². The van der Waals surface area contributed by atoms with E-state index in [0.717, 1.165) is 31.9 Å². The van der Waals surface area contributed by atoms with Crippen molar-refractivity contribution in [2.24, 2.45) is 0 Å². The summed E-state index contributed by atoms with van der Waals surface area (Å²) in [7, 11) is 0. The predicted octanol–water partition coefficient (Wildman–Crippen LogP) is 3.68. The molecule has 1 fully saturated rings. The largest absolute Gasteiger partial charge is 0.368 e. The van der Waals surface area contributed by atoms with Crippen molar-refractivity contribution in [2.75, 3.05) is 36.0 Å². The highest BCUT2D eigenvalue weighted by atomic mass is 35.5. The molecule has 0 saturated carbocycles. The molecular formula is C17H15ClFN3. The number of piperazine rings is 1. The van der Waals surface area contributed by atoms with Crippen molar-refractivity contribution in [1.29, 1.82) is 5.26 Å². The van der Waals surface area contributed by atoms with Gasteiger partial charge in [0.2, 0.25) is 0 Å². The average molecular weight is 316 g/mol. The fourth-order valence-corrected chi connectivity index (χ4v) is 2.92. The second-order valence-electron chi connectivity index (χ2n) is 5.20. The maximum absolute atomic E-state index is 13.8. The smallest absolute Gasteiger partial charge is 0.146 e. The van der Waals surface area contributed by atoms with Gasteiger partial charge in [-0.2, -0.15) is 5.26 Å². The zero-order chi connectivity index (χ0) is 15.5. The van der Waals surface area contributed by atoms with Crippen LogP contribution in [0.4, 0.5) is 15.8 Å². The Morgan fingerprint density at radius 1 is 1.00 bits per heavy atom. The topological polar surface area (TPSA) is 30.3 Å². The van der Waals surface area contributed by atoms with Gasteiger partial charge in [0.05, 0.1) is 16.3 Å². The number of nitriles is 1. The van der Waals surface area contributed by atoms with Gasteiger partial charge in [-0.1, -0.05) is 23.7 Å². The fraction of sp³-hybridized carbons (Fsp3) is 0.235. The molecule has 1 heterocycles. The van der Waals surface area contributed by atoms with Crippen molar-refractivity contribution in [3.8, 4) is 6.07 Å². The lowest BCUT2D eigenvalue weighted by Crippen LogP contribution is -2.46. The lowest BCUT2D eigenvalue weighted by molar-refractivity contribution is 0.598. The van der Waals surface area contributed by atoms with E-state index in [2.05, 4.69) is 15.9 Å². The highest BCUT2D eigenvalue weighted by Crippen LogP contribution is 2.26. The van der Waals surface area contributed by atoms with Crippen LogP contribution in [-0.2, 0) is 0 Å². The monoisotopic (exact) mass is 315 g/mol. The SMILES string of the molecule is N#Cc1ccc(N2CCN(c3ccccc3F)CC2)cc1Cl. The van der Waals surface area contributed by atoms with E-state index in [4.69, 9.17) is 16.9 Å². The molecule has 0 unspecified atom stereocenters. The molecule has 2 aromatic carbocycles. The third-order valence-electron chi connectivity index (χ3n) is 3.91. The minimum atomic E-state index is -0.183. The van der Waals surface area contributed by atoms with Gasteiger partial charge < -0.3 is 9.80 Å². The first-order valence-corrected chi connectivity index (χ1v) is 7.51. The molecule has 3 rings (SSSR count). The molecule has 3 nitrogen and oxygen atoms in total. The van der Waals surface area contributed by atoms with Gasteiger partial charge in [-0.25, -0.2) is 4.39 Å². The molecule has 0 N–H and O–H groups in total. The first-order chi connectivity index (χ1) is 10.7. The molecule has 1 aliphatic rings. The van der Waals surface area contributed by atoms with Crippen LogP contribution in [0.3, 0.4) is 0 Å². The molecule has 0 amide bonds. The summed E-state index contributed by atoms with van der Waals surface area (Å²) < 4.78 is 13.8. The van der Waals surface area contributed by atoms with Gasteiger partial charge in [0.1, 0.15) is 11.9 Å². The number of benzene rings is 2. The summed E-state index contributed by atoms with van der Waals surface area (Å²) in [4.78, 5) is 4.25. The van der Waals surface area contributed by atoms with Crippen LogP contribution in [0.2, 0.25) is 5.02 Å². The van der Waals surface area contributed by atoms with Crippen LogP contribution in [-0.4, -0.2) is 26.2 Å². The van der Waals surface area contributed by atoms with Crippen LogP contribution < -0.4 is 9.80 Å². The van der Waals surface area contributed by atoms with Gasteiger partial charge in [0, 0.05) is 31.9 Å². The molecule has 112 valence electrons. The molecule has 0 radical (unpaired) electrons. The number of rotatable bonds is 2. The van der Waals surface area contributed by atoms with E-state index in [0.29, 0.717) is 16.3 Å². The Kier molecular flexibility index (Phi) is 4.17. The second kappa shape index (κ2) is 6.25. The number of anilines is 2. The maximum Gasteiger partial charge on any atom is 0.146 e. The van der Waals surface area contributed by atoms with Crippen LogP contribution in [0.5, 0.6) is 0 Å². The molecule has 0 aromatic heterocycles. The number of hydrogen-bond donors (Lipinski definition) is 0. The summed E-state index contributed by atoms with van der Waals surface area (Å²) >= 11 is 6.08. The van der Waals surface area contributed by atoms with Crippen LogP contribution in [0.25, 0.3) is 0 Å². The summed E-state index contributed by atoms with van der Waals surface area (Å²) in [5, 5.41) is 9.39. The normalized spacial score (nSPS) is 14.8. The molecule has 1 aliphatic heterocycles. The third kappa shape index (κ3) is 2.86. The van der Waals surface area contributed by atoms with E-state index in [1.54, 1.807) is 12.1 Å². The van der Waals surface area contributed by atoms with Crippen molar-refractivity contribution in [2.45, 2.75) is 0 Å². The lowest BCUT2D eigenvalue weighted by Gasteiger charge is -2.37. The minimum Gasteiger partial charge on any atom is -0.368 e. The van der Waals surface area contributed by atoms with Gasteiger partial charge in [-0.15, -0.1) is 0 Å². The Morgan fingerprint density at radius 2 is 1.68 bits per heavy atom.